The Morgan fingerprint density at radius 2 is 1.69 bits per heavy atom. The molecular formula is C13H11F2N. The van der Waals surface area contributed by atoms with E-state index in [0.29, 0.717) is 22.4 Å². The fourth-order valence-electron chi connectivity index (χ4n) is 1.65. The van der Waals surface area contributed by atoms with Crippen LogP contribution >= 0.6 is 0 Å². The Labute approximate surface area is 92.5 Å². The number of benzene rings is 2. The zero-order valence-corrected chi connectivity index (χ0v) is 8.80. The topological polar surface area (TPSA) is 26.0 Å². The fraction of sp³-hybridized carbons (Fsp3) is 0.0769. The van der Waals surface area contributed by atoms with Crippen molar-refractivity contribution in [2.24, 2.45) is 0 Å². The molecule has 0 aliphatic rings. The van der Waals surface area contributed by atoms with Gasteiger partial charge in [-0.05, 0) is 42.3 Å². The molecule has 0 atom stereocenters. The number of anilines is 1. The Balaban J connectivity index is 2.67. The van der Waals surface area contributed by atoms with Crippen molar-refractivity contribution in [1.29, 1.82) is 0 Å². The van der Waals surface area contributed by atoms with Crippen molar-refractivity contribution in [1.82, 2.24) is 0 Å². The highest BCUT2D eigenvalue weighted by Crippen LogP contribution is 2.28. The summed E-state index contributed by atoms with van der Waals surface area (Å²) in [5.41, 5.74) is 7.34. The second-order valence-corrected chi connectivity index (χ2v) is 3.65. The van der Waals surface area contributed by atoms with E-state index >= 15 is 0 Å². The average Bonchev–Trinajstić information content (AvgIpc) is 2.26. The molecule has 0 aliphatic carbocycles. The third-order valence-corrected chi connectivity index (χ3v) is 2.55. The van der Waals surface area contributed by atoms with Gasteiger partial charge in [-0.15, -0.1) is 0 Å². The van der Waals surface area contributed by atoms with Gasteiger partial charge in [0.2, 0.25) is 0 Å². The first-order valence-electron chi connectivity index (χ1n) is 4.90. The molecule has 2 rings (SSSR count). The van der Waals surface area contributed by atoms with Crippen LogP contribution in [-0.4, -0.2) is 0 Å². The third kappa shape index (κ3) is 1.76. The van der Waals surface area contributed by atoms with Gasteiger partial charge in [-0.3, -0.25) is 0 Å². The van der Waals surface area contributed by atoms with Crippen molar-refractivity contribution in [2.75, 3.05) is 5.73 Å². The van der Waals surface area contributed by atoms with Crippen LogP contribution in [0.25, 0.3) is 11.1 Å². The maximum atomic E-state index is 13.6. The van der Waals surface area contributed by atoms with Crippen molar-refractivity contribution < 1.29 is 8.78 Å². The largest absolute Gasteiger partial charge is 0.399 e. The SMILES string of the molecule is Cc1c(F)cccc1-c1cc(N)ccc1F. The standard InChI is InChI=1S/C13H11F2N/c1-8-10(3-2-4-12(8)14)11-7-9(16)5-6-13(11)15/h2-7H,16H2,1H3. The molecule has 0 fully saturated rings. The normalized spacial score (nSPS) is 10.4. The lowest BCUT2D eigenvalue weighted by molar-refractivity contribution is 0.617. The van der Waals surface area contributed by atoms with Gasteiger partial charge in [0.1, 0.15) is 11.6 Å². The Morgan fingerprint density at radius 1 is 0.938 bits per heavy atom. The van der Waals surface area contributed by atoms with Crippen molar-refractivity contribution >= 4 is 5.69 Å². The van der Waals surface area contributed by atoms with Gasteiger partial charge in [0.15, 0.2) is 0 Å². The van der Waals surface area contributed by atoms with Crippen LogP contribution in [0.5, 0.6) is 0 Å². The Hall–Kier alpha value is -1.90. The summed E-state index contributed by atoms with van der Waals surface area (Å²) < 4.78 is 26.9. The second-order valence-electron chi connectivity index (χ2n) is 3.65. The number of halogens is 2. The van der Waals surface area contributed by atoms with Gasteiger partial charge in [0.25, 0.3) is 0 Å². The third-order valence-electron chi connectivity index (χ3n) is 2.55. The molecule has 0 bridgehead atoms. The highest BCUT2D eigenvalue weighted by Gasteiger charge is 2.10. The zero-order chi connectivity index (χ0) is 11.7. The number of hydrogen-bond acceptors (Lipinski definition) is 1. The summed E-state index contributed by atoms with van der Waals surface area (Å²) in [7, 11) is 0. The van der Waals surface area contributed by atoms with Crippen molar-refractivity contribution in [3.63, 3.8) is 0 Å². The molecule has 0 spiro atoms. The zero-order valence-electron chi connectivity index (χ0n) is 8.80. The maximum absolute atomic E-state index is 13.6. The summed E-state index contributed by atoms with van der Waals surface area (Å²) in [6.45, 7) is 1.62. The molecule has 1 nitrogen and oxygen atoms in total. The number of nitrogens with two attached hydrogens (primary N) is 1. The maximum Gasteiger partial charge on any atom is 0.131 e. The Morgan fingerprint density at radius 3 is 2.44 bits per heavy atom. The summed E-state index contributed by atoms with van der Waals surface area (Å²) in [6.07, 6.45) is 0. The van der Waals surface area contributed by atoms with Crippen LogP contribution in [0.3, 0.4) is 0 Å². The molecule has 0 aromatic heterocycles. The first-order chi connectivity index (χ1) is 7.59. The van der Waals surface area contributed by atoms with Gasteiger partial charge in [-0.25, -0.2) is 8.78 Å². The highest BCUT2D eigenvalue weighted by molar-refractivity contribution is 5.71. The summed E-state index contributed by atoms with van der Waals surface area (Å²) in [4.78, 5) is 0. The predicted molar refractivity (Wildman–Crippen MR) is 60.9 cm³/mol. The summed E-state index contributed by atoms with van der Waals surface area (Å²) >= 11 is 0. The molecule has 0 heterocycles. The molecule has 0 saturated carbocycles. The lowest BCUT2D eigenvalue weighted by atomic mass is 9.99. The summed E-state index contributed by atoms with van der Waals surface area (Å²) in [6, 6.07) is 8.86. The van der Waals surface area contributed by atoms with Gasteiger partial charge in [-0.1, -0.05) is 12.1 Å². The molecule has 2 aromatic rings. The summed E-state index contributed by atoms with van der Waals surface area (Å²) in [5, 5.41) is 0. The van der Waals surface area contributed by atoms with Crippen LogP contribution in [0.4, 0.5) is 14.5 Å². The molecule has 0 radical (unpaired) electrons. The lowest BCUT2D eigenvalue weighted by Gasteiger charge is -2.08. The van der Waals surface area contributed by atoms with Crippen LogP contribution < -0.4 is 5.73 Å². The van der Waals surface area contributed by atoms with Crippen LogP contribution in [0.2, 0.25) is 0 Å². The van der Waals surface area contributed by atoms with Crippen molar-refractivity contribution in [3.8, 4) is 11.1 Å². The molecule has 16 heavy (non-hydrogen) atoms. The van der Waals surface area contributed by atoms with E-state index < -0.39 is 5.82 Å². The summed E-state index contributed by atoms with van der Waals surface area (Å²) in [5.74, 6) is -0.748. The number of rotatable bonds is 1. The Kier molecular flexibility index (Phi) is 2.60. The molecule has 0 amide bonds. The molecule has 2 N–H and O–H groups in total. The second kappa shape index (κ2) is 3.93. The molecule has 0 saturated heterocycles. The molecule has 0 aliphatic heterocycles. The van der Waals surface area contributed by atoms with Crippen LogP contribution in [0.1, 0.15) is 5.56 Å². The minimum atomic E-state index is -0.400. The van der Waals surface area contributed by atoms with Gasteiger partial charge in [-0.2, -0.15) is 0 Å². The van der Waals surface area contributed by atoms with E-state index in [0.717, 1.165) is 0 Å². The van der Waals surface area contributed by atoms with E-state index in [4.69, 9.17) is 5.73 Å². The van der Waals surface area contributed by atoms with E-state index in [1.54, 1.807) is 19.1 Å². The first-order valence-corrected chi connectivity index (χ1v) is 4.90. The van der Waals surface area contributed by atoms with Gasteiger partial charge in [0.05, 0.1) is 0 Å². The van der Waals surface area contributed by atoms with Crippen LogP contribution in [0, 0.1) is 18.6 Å². The molecular weight excluding hydrogens is 208 g/mol. The Bertz CT molecular complexity index is 535. The number of hydrogen-bond donors (Lipinski definition) is 1. The van der Waals surface area contributed by atoms with Gasteiger partial charge >= 0.3 is 0 Å². The molecule has 0 unspecified atom stereocenters. The van der Waals surface area contributed by atoms with Crippen molar-refractivity contribution in [3.05, 3.63) is 53.6 Å². The van der Waals surface area contributed by atoms with Crippen LogP contribution in [-0.2, 0) is 0 Å². The molecule has 2 aromatic carbocycles. The minimum absolute atomic E-state index is 0.331. The predicted octanol–water partition coefficient (Wildman–Crippen LogP) is 3.52. The number of nitrogen functional groups attached to an aromatic ring is 1. The first kappa shape index (κ1) is 10.6. The lowest BCUT2D eigenvalue weighted by Crippen LogP contribution is -1.93. The molecule has 3 heteroatoms. The van der Waals surface area contributed by atoms with E-state index in [1.807, 2.05) is 0 Å². The van der Waals surface area contributed by atoms with E-state index in [9.17, 15) is 8.78 Å². The highest BCUT2D eigenvalue weighted by atomic mass is 19.1. The van der Waals surface area contributed by atoms with Crippen LogP contribution in [0.15, 0.2) is 36.4 Å². The minimum Gasteiger partial charge on any atom is -0.399 e. The monoisotopic (exact) mass is 219 g/mol. The molecule has 82 valence electrons. The quantitative estimate of drug-likeness (QED) is 0.729. The van der Waals surface area contributed by atoms with E-state index in [1.165, 1.54) is 24.3 Å². The average molecular weight is 219 g/mol. The fourth-order valence-corrected chi connectivity index (χ4v) is 1.65. The van der Waals surface area contributed by atoms with E-state index in [-0.39, 0.29) is 5.82 Å². The van der Waals surface area contributed by atoms with Crippen molar-refractivity contribution in [2.45, 2.75) is 6.92 Å². The smallest absolute Gasteiger partial charge is 0.131 e. The van der Waals surface area contributed by atoms with Gasteiger partial charge < -0.3 is 5.73 Å². The van der Waals surface area contributed by atoms with E-state index in [2.05, 4.69) is 0 Å². The van der Waals surface area contributed by atoms with Gasteiger partial charge in [0, 0.05) is 11.3 Å².